The molecule has 10 aliphatic rings. The van der Waals surface area contributed by atoms with Crippen molar-refractivity contribution in [2.75, 3.05) is 40.1 Å². The topological polar surface area (TPSA) is 434 Å². The largest absolute Gasteiger partial charge is 0.394 e. The molecule has 496 valence electrons. The van der Waals surface area contributed by atoms with Crippen LogP contribution in [0.5, 0.6) is 0 Å². The molecule has 0 amide bonds. The van der Waals surface area contributed by atoms with Crippen LogP contribution in [0.25, 0.3) is 0 Å². The van der Waals surface area contributed by atoms with Crippen LogP contribution in [0.4, 0.5) is 0 Å². The van der Waals surface area contributed by atoms with Crippen LogP contribution in [0, 0.1) is 46.3 Å². The highest BCUT2D eigenvalue weighted by Gasteiger charge is 2.69. The molecule has 10 rings (SSSR count). The minimum Gasteiger partial charge on any atom is -0.394 e. The SMILES string of the molecule is COC1(CCC(C)COC2OC(CO)C(O)C(O)C2O)OC2CC3C4CC=C5CC(OC6OC(CO)C(OC7OC(CO)C(O)C(OC8OC(CO)C(O)C(O)C8O)C7O)C(O)C6OC6OC(C)C(O)C(O)C6O)CCC5(C)C4CCC3(C)C2C1C. The van der Waals surface area contributed by atoms with Crippen LogP contribution in [0.1, 0.15) is 92.4 Å². The van der Waals surface area contributed by atoms with Gasteiger partial charge in [0.2, 0.25) is 0 Å². The van der Waals surface area contributed by atoms with Crippen LogP contribution in [0.3, 0.4) is 0 Å². The molecule has 4 aliphatic carbocycles. The van der Waals surface area contributed by atoms with Crippen LogP contribution in [-0.4, -0.2) is 293 Å². The smallest absolute Gasteiger partial charge is 0.187 e. The van der Waals surface area contributed by atoms with Crippen molar-refractivity contribution in [1.29, 1.82) is 0 Å². The van der Waals surface area contributed by atoms with E-state index in [9.17, 15) is 81.7 Å². The molecule has 0 bridgehead atoms. The highest BCUT2D eigenvalue weighted by atomic mass is 16.8. The van der Waals surface area contributed by atoms with E-state index in [4.69, 9.17) is 56.8 Å². The molecular formula is C58H96O28. The van der Waals surface area contributed by atoms with Crippen molar-refractivity contribution >= 4 is 0 Å². The second-order valence-electron chi connectivity index (χ2n) is 26.8. The molecule has 0 aromatic carbocycles. The van der Waals surface area contributed by atoms with Crippen molar-refractivity contribution in [3.05, 3.63) is 11.6 Å². The Labute approximate surface area is 499 Å². The average Bonchev–Trinajstić information content (AvgIpc) is 1.50. The Balaban J connectivity index is 0.808. The van der Waals surface area contributed by atoms with Gasteiger partial charge in [0.15, 0.2) is 37.2 Å². The van der Waals surface area contributed by atoms with Gasteiger partial charge in [0.1, 0.15) is 116 Å². The van der Waals surface area contributed by atoms with Crippen LogP contribution in [0.15, 0.2) is 11.6 Å². The molecule has 6 aliphatic heterocycles. The zero-order valence-corrected chi connectivity index (χ0v) is 49.6. The molecule has 6 heterocycles. The Morgan fingerprint density at radius 1 is 0.558 bits per heavy atom. The van der Waals surface area contributed by atoms with E-state index in [2.05, 4.69) is 26.8 Å². The van der Waals surface area contributed by atoms with Gasteiger partial charge in [-0.25, -0.2) is 0 Å². The summed E-state index contributed by atoms with van der Waals surface area (Å²) in [5.74, 6) is 0.561. The van der Waals surface area contributed by atoms with Gasteiger partial charge >= 0.3 is 0 Å². The number of ether oxygens (including phenoxy) is 12. The molecule has 28 heteroatoms. The van der Waals surface area contributed by atoms with E-state index in [1.807, 2.05) is 6.92 Å². The lowest BCUT2D eigenvalue weighted by molar-refractivity contribution is -0.396. The van der Waals surface area contributed by atoms with Gasteiger partial charge in [-0.15, -0.1) is 0 Å². The van der Waals surface area contributed by atoms with Crippen LogP contribution in [0.2, 0.25) is 0 Å². The highest BCUT2D eigenvalue weighted by molar-refractivity contribution is 5.26. The van der Waals surface area contributed by atoms with Gasteiger partial charge in [0, 0.05) is 19.4 Å². The summed E-state index contributed by atoms with van der Waals surface area (Å²) in [5, 5.41) is 171. The fourth-order valence-corrected chi connectivity index (χ4v) is 16.8. The Morgan fingerprint density at radius 3 is 1.73 bits per heavy atom. The maximum absolute atomic E-state index is 12.4. The van der Waals surface area contributed by atoms with Gasteiger partial charge in [-0.2, -0.15) is 0 Å². The van der Waals surface area contributed by atoms with Crippen molar-refractivity contribution in [3.63, 3.8) is 0 Å². The molecule has 0 spiro atoms. The summed E-state index contributed by atoms with van der Waals surface area (Å²) in [5.41, 5.74) is 1.00. The molecule has 36 atom stereocenters. The maximum atomic E-state index is 12.4. The fourth-order valence-electron chi connectivity index (χ4n) is 16.8. The minimum absolute atomic E-state index is 0.0197. The quantitative estimate of drug-likeness (QED) is 0.0542. The first-order valence-electron chi connectivity index (χ1n) is 30.8. The molecule has 28 nitrogen and oxygen atoms in total. The van der Waals surface area contributed by atoms with Gasteiger partial charge in [-0.05, 0) is 98.7 Å². The summed E-state index contributed by atoms with van der Waals surface area (Å²) in [6, 6.07) is 0. The van der Waals surface area contributed by atoms with Gasteiger partial charge in [0.25, 0.3) is 0 Å². The maximum Gasteiger partial charge on any atom is 0.187 e. The molecular weight excluding hydrogens is 1140 g/mol. The number of hydrogen-bond donors (Lipinski definition) is 16. The third-order valence-electron chi connectivity index (χ3n) is 21.9. The summed E-state index contributed by atoms with van der Waals surface area (Å²) in [6.07, 6.45) is -32.3. The van der Waals surface area contributed by atoms with E-state index < -0.39 is 192 Å². The van der Waals surface area contributed by atoms with E-state index in [0.29, 0.717) is 43.4 Å². The van der Waals surface area contributed by atoms with Gasteiger partial charge in [-0.3, -0.25) is 0 Å². The normalized spacial score (nSPS) is 54.3. The number of methoxy groups -OCH3 is 1. The number of fused-ring (bicyclic) bond motifs is 7. The summed E-state index contributed by atoms with van der Waals surface area (Å²) in [4.78, 5) is 0. The predicted molar refractivity (Wildman–Crippen MR) is 288 cm³/mol. The lowest BCUT2D eigenvalue weighted by atomic mass is 9.47. The van der Waals surface area contributed by atoms with E-state index in [0.717, 1.165) is 32.1 Å². The summed E-state index contributed by atoms with van der Waals surface area (Å²) >= 11 is 0. The standard InChI is InChI=1S/C58H96O28/c1-22(21-76-51-43(70)41(68)37(64)31(17-59)79-51)9-14-58(75-6)23(2)35-30(86-58)16-29-27-8-7-25-15-26(10-12-56(25,4)28(27)11-13-57(29,35)5)78-55-50(85-52-44(71)40(67)36(63)24(3)77-52)46(73)48(34(20-62)82-55)83-54-47(74)49(39(66)33(19-61)81-54)84-53-45(72)42(69)38(65)32(18-60)80-53/h7,22-24,26-55,59-74H,8-21H2,1-6H3. The Hall–Kier alpha value is -1.38. The molecule has 86 heavy (non-hydrogen) atoms. The van der Waals surface area contributed by atoms with Gasteiger partial charge in [0.05, 0.1) is 51.3 Å². The van der Waals surface area contributed by atoms with Gasteiger partial charge < -0.3 is 139 Å². The van der Waals surface area contributed by atoms with Crippen LogP contribution in [-0.2, 0) is 56.8 Å². The van der Waals surface area contributed by atoms with E-state index in [-0.39, 0.29) is 41.3 Å². The monoisotopic (exact) mass is 1240 g/mol. The average molecular weight is 1240 g/mol. The predicted octanol–water partition coefficient (Wildman–Crippen LogP) is -4.53. The zero-order valence-electron chi connectivity index (χ0n) is 49.6. The van der Waals surface area contributed by atoms with Crippen molar-refractivity contribution < 1.29 is 139 Å². The van der Waals surface area contributed by atoms with E-state index in [1.165, 1.54) is 12.5 Å². The third kappa shape index (κ3) is 12.2. The van der Waals surface area contributed by atoms with E-state index in [1.54, 1.807) is 7.11 Å². The Bertz CT molecular complexity index is 2250. The number of aliphatic hydroxyl groups is 16. The second kappa shape index (κ2) is 26.9. The van der Waals surface area contributed by atoms with Gasteiger partial charge in [-0.1, -0.05) is 39.3 Å². The van der Waals surface area contributed by atoms with E-state index >= 15 is 0 Å². The molecule has 0 radical (unpaired) electrons. The summed E-state index contributed by atoms with van der Waals surface area (Å²) < 4.78 is 73.2. The molecule has 6 saturated heterocycles. The number of aliphatic hydroxyl groups excluding tert-OH is 16. The zero-order chi connectivity index (χ0) is 62.2. The first-order valence-corrected chi connectivity index (χ1v) is 30.8. The summed E-state index contributed by atoms with van der Waals surface area (Å²) in [7, 11) is 1.70. The molecule has 0 aromatic heterocycles. The second-order valence-corrected chi connectivity index (χ2v) is 26.8. The van der Waals surface area contributed by atoms with Crippen LogP contribution >= 0.6 is 0 Å². The number of rotatable bonds is 19. The first kappa shape index (κ1) is 67.5. The first-order chi connectivity index (χ1) is 40.8. The lowest BCUT2D eigenvalue weighted by Crippen LogP contribution is -2.68. The molecule has 9 fully saturated rings. The minimum atomic E-state index is -2.03. The molecule has 36 unspecified atom stereocenters. The van der Waals surface area contributed by atoms with Crippen molar-refractivity contribution in [3.8, 4) is 0 Å². The lowest BCUT2D eigenvalue weighted by Gasteiger charge is -2.58. The van der Waals surface area contributed by atoms with Crippen molar-refractivity contribution in [2.45, 2.75) is 264 Å². The number of allylic oxidation sites excluding steroid dienone is 1. The van der Waals surface area contributed by atoms with Crippen molar-refractivity contribution in [2.24, 2.45) is 46.3 Å². The van der Waals surface area contributed by atoms with Crippen molar-refractivity contribution in [1.82, 2.24) is 0 Å². The molecule has 0 aromatic rings. The summed E-state index contributed by atoms with van der Waals surface area (Å²) in [6.45, 7) is 7.58. The third-order valence-corrected chi connectivity index (χ3v) is 21.9. The molecule has 16 N–H and O–H groups in total. The van der Waals surface area contributed by atoms with Crippen LogP contribution < -0.4 is 0 Å². The Morgan fingerprint density at radius 2 is 1.10 bits per heavy atom. The highest BCUT2D eigenvalue weighted by Crippen LogP contribution is 2.70. The molecule has 3 saturated carbocycles. The Kier molecular flexibility index (Phi) is 21.1. The fraction of sp³-hybridized carbons (Fsp3) is 0.966. The number of hydrogen-bond acceptors (Lipinski definition) is 28.